The third-order valence-electron chi connectivity index (χ3n) is 3.02. The van der Waals surface area contributed by atoms with Gasteiger partial charge in [-0.25, -0.2) is 0 Å². The Morgan fingerprint density at radius 2 is 1.69 bits per heavy atom. The predicted octanol–water partition coefficient (Wildman–Crippen LogP) is 4.84. The van der Waals surface area contributed by atoms with Crippen LogP contribution in [0, 0.1) is 18.3 Å². The molecule has 0 nitrogen and oxygen atoms in total. The molecule has 0 aliphatic heterocycles. The molecule has 13 heavy (non-hydrogen) atoms. The van der Waals surface area contributed by atoms with Gasteiger partial charge in [0.1, 0.15) is 0 Å². The van der Waals surface area contributed by atoms with E-state index in [4.69, 9.17) is 0 Å². The van der Waals surface area contributed by atoms with Gasteiger partial charge in [-0.15, -0.1) is 0 Å². The van der Waals surface area contributed by atoms with Crippen molar-refractivity contribution in [1.82, 2.24) is 0 Å². The first-order chi connectivity index (χ1) is 6.22. The summed E-state index contributed by atoms with van der Waals surface area (Å²) in [5, 5.41) is 0. The molecule has 0 amide bonds. The van der Waals surface area contributed by atoms with Crippen LogP contribution in [-0.4, -0.2) is 0 Å². The van der Waals surface area contributed by atoms with E-state index in [0.29, 0.717) is 0 Å². The monoisotopic (exact) mass is 183 g/mol. The van der Waals surface area contributed by atoms with Crippen molar-refractivity contribution in [3.05, 3.63) is 6.42 Å². The van der Waals surface area contributed by atoms with Gasteiger partial charge in [0.25, 0.3) is 0 Å². The summed E-state index contributed by atoms with van der Waals surface area (Å²) >= 11 is 0. The zero-order valence-corrected chi connectivity index (χ0v) is 9.97. The van der Waals surface area contributed by atoms with Gasteiger partial charge < -0.3 is 0 Å². The van der Waals surface area contributed by atoms with Crippen molar-refractivity contribution in [2.24, 2.45) is 11.8 Å². The molecule has 0 rings (SSSR count). The summed E-state index contributed by atoms with van der Waals surface area (Å²) in [4.78, 5) is 0. The fourth-order valence-corrected chi connectivity index (χ4v) is 1.76. The van der Waals surface area contributed by atoms with Gasteiger partial charge in [-0.2, -0.15) is 0 Å². The van der Waals surface area contributed by atoms with Crippen LogP contribution in [0.3, 0.4) is 0 Å². The van der Waals surface area contributed by atoms with E-state index in [1.54, 1.807) is 0 Å². The molecule has 0 bridgehead atoms. The molecular formula is C13H27. The first kappa shape index (κ1) is 13.0. The first-order valence-electron chi connectivity index (χ1n) is 6.05. The topological polar surface area (TPSA) is 0 Å². The Hall–Kier alpha value is 0. The number of rotatable bonds is 8. The maximum Gasteiger partial charge on any atom is -0.0358 e. The molecule has 0 aromatic rings. The molecule has 0 heteroatoms. The molecule has 0 aliphatic rings. The highest BCUT2D eigenvalue weighted by atomic mass is 14.2. The van der Waals surface area contributed by atoms with Crippen LogP contribution in [0.15, 0.2) is 0 Å². The van der Waals surface area contributed by atoms with Crippen LogP contribution in [0.5, 0.6) is 0 Å². The Bertz CT molecular complexity index is 96.2. The third-order valence-corrected chi connectivity index (χ3v) is 3.02. The summed E-state index contributed by atoms with van der Waals surface area (Å²) in [5.74, 6) is 1.70. The average Bonchev–Trinajstić information content (AvgIpc) is 2.12. The fourth-order valence-electron chi connectivity index (χ4n) is 1.76. The Balaban J connectivity index is 3.32. The van der Waals surface area contributed by atoms with E-state index in [1.165, 1.54) is 38.5 Å². The van der Waals surface area contributed by atoms with Crippen LogP contribution >= 0.6 is 0 Å². The van der Waals surface area contributed by atoms with Crippen LogP contribution in [-0.2, 0) is 0 Å². The van der Waals surface area contributed by atoms with E-state index in [0.717, 1.165) is 11.8 Å². The molecule has 0 fully saturated rings. The second-order valence-corrected chi connectivity index (χ2v) is 4.33. The zero-order valence-electron chi connectivity index (χ0n) is 9.97. The van der Waals surface area contributed by atoms with Crippen molar-refractivity contribution in [3.8, 4) is 0 Å². The quantitative estimate of drug-likeness (QED) is 0.472. The second kappa shape index (κ2) is 8.59. The van der Waals surface area contributed by atoms with E-state index in [2.05, 4.69) is 34.1 Å². The molecule has 79 valence electrons. The maximum atomic E-state index is 2.45. The Morgan fingerprint density at radius 3 is 2.23 bits per heavy atom. The van der Waals surface area contributed by atoms with Crippen LogP contribution in [0.2, 0.25) is 0 Å². The molecule has 2 unspecified atom stereocenters. The Morgan fingerprint density at radius 1 is 1.00 bits per heavy atom. The van der Waals surface area contributed by atoms with E-state index in [1.807, 2.05) is 0 Å². The van der Waals surface area contributed by atoms with Gasteiger partial charge in [0.2, 0.25) is 0 Å². The molecule has 0 aliphatic carbocycles. The molecule has 0 saturated carbocycles. The third kappa shape index (κ3) is 7.10. The summed E-state index contributed by atoms with van der Waals surface area (Å²) in [7, 11) is 0. The van der Waals surface area contributed by atoms with Gasteiger partial charge in [0.05, 0.1) is 0 Å². The largest absolute Gasteiger partial charge is 0.0654 e. The summed E-state index contributed by atoms with van der Waals surface area (Å²) in [6.45, 7) is 9.26. The number of hydrogen-bond acceptors (Lipinski definition) is 0. The van der Waals surface area contributed by atoms with Gasteiger partial charge >= 0.3 is 0 Å². The van der Waals surface area contributed by atoms with Crippen molar-refractivity contribution in [3.63, 3.8) is 0 Å². The van der Waals surface area contributed by atoms with Crippen LogP contribution < -0.4 is 0 Å². The summed E-state index contributed by atoms with van der Waals surface area (Å²) < 4.78 is 0. The lowest BCUT2D eigenvalue weighted by Gasteiger charge is -2.18. The Labute approximate surface area is 85.1 Å². The van der Waals surface area contributed by atoms with Crippen LogP contribution in [0.4, 0.5) is 0 Å². The SMILES string of the molecule is CC[CH]C(C)C(C)CCCCCC. The smallest absolute Gasteiger partial charge is 0.0358 e. The molecule has 2 atom stereocenters. The van der Waals surface area contributed by atoms with Crippen molar-refractivity contribution in [1.29, 1.82) is 0 Å². The van der Waals surface area contributed by atoms with Gasteiger partial charge in [-0.3, -0.25) is 0 Å². The first-order valence-corrected chi connectivity index (χ1v) is 6.05. The lowest BCUT2D eigenvalue weighted by molar-refractivity contribution is 0.382. The fraction of sp³-hybridized carbons (Fsp3) is 0.923. The molecule has 0 heterocycles. The van der Waals surface area contributed by atoms with Crippen molar-refractivity contribution in [2.75, 3.05) is 0 Å². The predicted molar refractivity (Wildman–Crippen MR) is 61.7 cm³/mol. The molecule has 0 aromatic heterocycles. The molecule has 0 aromatic carbocycles. The van der Waals surface area contributed by atoms with Crippen molar-refractivity contribution < 1.29 is 0 Å². The molecule has 0 saturated heterocycles. The van der Waals surface area contributed by atoms with E-state index >= 15 is 0 Å². The normalized spacial score (nSPS) is 15.7. The summed E-state index contributed by atoms with van der Waals surface area (Å²) in [6.07, 6.45) is 10.7. The van der Waals surface area contributed by atoms with Gasteiger partial charge in [0, 0.05) is 0 Å². The molecular weight excluding hydrogens is 156 g/mol. The summed E-state index contributed by atoms with van der Waals surface area (Å²) in [6, 6.07) is 0. The highest BCUT2D eigenvalue weighted by Gasteiger charge is 2.10. The highest BCUT2D eigenvalue weighted by molar-refractivity contribution is 4.75. The molecule has 0 spiro atoms. The molecule has 0 N–H and O–H groups in total. The zero-order chi connectivity index (χ0) is 10.1. The van der Waals surface area contributed by atoms with Crippen molar-refractivity contribution in [2.45, 2.75) is 66.2 Å². The maximum absolute atomic E-state index is 2.45. The van der Waals surface area contributed by atoms with Crippen molar-refractivity contribution >= 4 is 0 Å². The lowest BCUT2D eigenvalue weighted by atomic mass is 9.88. The van der Waals surface area contributed by atoms with Crippen LogP contribution in [0.1, 0.15) is 66.2 Å². The minimum atomic E-state index is 0.812. The van der Waals surface area contributed by atoms with E-state index in [-0.39, 0.29) is 0 Å². The van der Waals surface area contributed by atoms with Gasteiger partial charge in [-0.1, -0.05) is 66.2 Å². The second-order valence-electron chi connectivity index (χ2n) is 4.33. The number of unbranched alkanes of at least 4 members (excludes halogenated alkanes) is 3. The Kier molecular flexibility index (Phi) is 8.59. The molecule has 1 radical (unpaired) electrons. The number of hydrogen-bond donors (Lipinski definition) is 0. The summed E-state index contributed by atoms with van der Waals surface area (Å²) in [5.41, 5.74) is 0. The lowest BCUT2D eigenvalue weighted by Crippen LogP contribution is -2.08. The highest BCUT2D eigenvalue weighted by Crippen LogP contribution is 2.21. The minimum absolute atomic E-state index is 0.812. The van der Waals surface area contributed by atoms with Gasteiger partial charge in [0.15, 0.2) is 0 Å². The average molecular weight is 183 g/mol. The van der Waals surface area contributed by atoms with Gasteiger partial charge in [-0.05, 0) is 18.3 Å². The standard InChI is InChI=1S/C13H27/c1-5-7-8-9-11-13(4)12(3)10-6-2/h10,12-13H,5-9,11H2,1-4H3. The minimum Gasteiger partial charge on any atom is -0.0654 e. The van der Waals surface area contributed by atoms with E-state index in [9.17, 15) is 0 Å². The van der Waals surface area contributed by atoms with E-state index < -0.39 is 0 Å². The van der Waals surface area contributed by atoms with Crippen LogP contribution in [0.25, 0.3) is 0 Å².